The minimum absolute atomic E-state index is 0.557. The summed E-state index contributed by atoms with van der Waals surface area (Å²) in [6, 6.07) is 14.5. The Morgan fingerprint density at radius 3 is 2.80 bits per heavy atom. The molecule has 3 rings (SSSR count). The van der Waals surface area contributed by atoms with Gasteiger partial charge in [0.25, 0.3) is 0 Å². The monoisotopic (exact) mass is 335 g/mol. The molecule has 0 amide bonds. The highest BCUT2D eigenvalue weighted by Crippen LogP contribution is 2.17. The summed E-state index contributed by atoms with van der Waals surface area (Å²) in [6.45, 7) is 4.28. The van der Waals surface area contributed by atoms with Gasteiger partial charge in [0, 0.05) is 44.1 Å². The van der Waals surface area contributed by atoms with Crippen LogP contribution in [0.5, 0.6) is 0 Å². The average Bonchev–Trinajstić information content (AvgIpc) is 3.03. The largest absolute Gasteiger partial charge is 0.357 e. The van der Waals surface area contributed by atoms with E-state index in [0.717, 1.165) is 30.1 Å². The molecule has 0 saturated carbocycles. The molecule has 25 heavy (non-hydrogen) atoms. The number of rotatable bonds is 5. The first-order chi connectivity index (χ1) is 12.2. The molecule has 2 aromatic heterocycles. The topological polar surface area (TPSA) is 45.5 Å². The number of aromatic nitrogens is 2. The van der Waals surface area contributed by atoms with Gasteiger partial charge in [-0.05, 0) is 30.5 Å². The summed E-state index contributed by atoms with van der Waals surface area (Å²) in [6.07, 6.45) is 3.92. The van der Waals surface area contributed by atoms with Gasteiger partial charge < -0.3 is 14.8 Å². The molecule has 0 aliphatic heterocycles. The number of nitrogens with one attached hydrogen (secondary N) is 1. The fourth-order valence-corrected chi connectivity index (χ4v) is 2.91. The Bertz CT molecular complexity index is 860. The number of pyridine rings is 1. The number of nitrogens with zero attached hydrogens (tertiary/aromatic N) is 4. The Hall–Kier alpha value is -2.82. The van der Waals surface area contributed by atoms with E-state index in [9.17, 15) is 0 Å². The summed E-state index contributed by atoms with van der Waals surface area (Å²) >= 11 is 0. The Labute approximate surface area is 149 Å². The highest BCUT2D eigenvalue weighted by molar-refractivity contribution is 5.85. The van der Waals surface area contributed by atoms with Crippen LogP contribution in [-0.4, -0.2) is 34.0 Å². The van der Waals surface area contributed by atoms with Crippen molar-refractivity contribution in [3.63, 3.8) is 0 Å². The summed E-state index contributed by atoms with van der Waals surface area (Å²) in [7, 11) is 4.12. The van der Waals surface area contributed by atoms with Crippen molar-refractivity contribution in [1.29, 1.82) is 0 Å². The van der Waals surface area contributed by atoms with Gasteiger partial charge in [0.1, 0.15) is 0 Å². The number of hydrogen-bond donors (Lipinski definition) is 1. The van der Waals surface area contributed by atoms with Crippen LogP contribution in [0.3, 0.4) is 0 Å². The van der Waals surface area contributed by atoms with E-state index in [0.29, 0.717) is 6.54 Å². The van der Waals surface area contributed by atoms with Crippen LogP contribution in [-0.2, 0) is 20.1 Å². The summed E-state index contributed by atoms with van der Waals surface area (Å²) in [5.41, 5.74) is 2.25. The molecular weight excluding hydrogens is 310 g/mol. The molecule has 0 atom stereocenters. The van der Waals surface area contributed by atoms with Crippen LogP contribution in [0.25, 0.3) is 10.8 Å². The first-order valence-electron chi connectivity index (χ1n) is 8.61. The lowest BCUT2D eigenvalue weighted by molar-refractivity contribution is 0.462. The standard InChI is InChI=1S/C20H25N5/c1-4-21-20(25(3)15-17-9-7-13-24(17)2)23-14-19-18-10-6-5-8-16(18)11-12-22-19/h5-13H,4,14-15H2,1-3H3,(H,21,23). The maximum atomic E-state index is 4.80. The van der Waals surface area contributed by atoms with Crippen LogP contribution in [0.4, 0.5) is 0 Å². The van der Waals surface area contributed by atoms with Crippen molar-refractivity contribution in [2.24, 2.45) is 12.0 Å². The van der Waals surface area contributed by atoms with Crippen molar-refractivity contribution in [1.82, 2.24) is 19.8 Å². The van der Waals surface area contributed by atoms with E-state index in [1.165, 1.54) is 11.1 Å². The second kappa shape index (κ2) is 7.83. The molecule has 0 unspecified atom stereocenters. The highest BCUT2D eigenvalue weighted by Gasteiger charge is 2.09. The van der Waals surface area contributed by atoms with Crippen LogP contribution in [0.1, 0.15) is 18.3 Å². The molecular formula is C20H25N5. The minimum atomic E-state index is 0.557. The van der Waals surface area contributed by atoms with E-state index >= 15 is 0 Å². The molecule has 5 heteroatoms. The fourth-order valence-electron chi connectivity index (χ4n) is 2.91. The molecule has 5 nitrogen and oxygen atoms in total. The number of hydrogen-bond acceptors (Lipinski definition) is 2. The van der Waals surface area contributed by atoms with Gasteiger partial charge in [-0.15, -0.1) is 0 Å². The lowest BCUT2D eigenvalue weighted by Gasteiger charge is -2.22. The Morgan fingerprint density at radius 2 is 2.04 bits per heavy atom. The molecule has 0 radical (unpaired) electrons. The molecule has 0 bridgehead atoms. The van der Waals surface area contributed by atoms with Gasteiger partial charge in [-0.3, -0.25) is 4.98 Å². The van der Waals surface area contributed by atoms with Crippen molar-refractivity contribution in [2.75, 3.05) is 13.6 Å². The molecule has 3 aromatic rings. The normalized spacial score (nSPS) is 11.7. The summed E-state index contributed by atoms with van der Waals surface area (Å²) in [4.78, 5) is 11.5. The lowest BCUT2D eigenvalue weighted by atomic mass is 10.1. The molecule has 130 valence electrons. The summed E-state index contributed by atoms with van der Waals surface area (Å²) in [5.74, 6) is 0.887. The first-order valence-corrected chi connectivity index (χ1v) is 8.61. The van der Waals surface area contributed by atoms with Crippen molar-refractivity contribution in [2.45, 2.75) is 20.0 Å². The van der Waals surface area contributed by atoms with Crippen LogP contribution >= 0.6 is 0 Å². The number of fused-ring (bicyclic) bond motifs is 1. The molecule has 1 aromatic carbocycles. The van der Waals surface area contributed by atoms with E-state index in [2.05, 4.69) is 71.2 Å². The highest BCUT2D eigenvalue weighted by atomic mass is 15.3. The van der Waals surface area contributed by atoms with Gasteiger partial charge in [0.2, 0.25) is 0 Å². The van der Waals surface area contributed by atoms with Crippen LogP contribution in [0, 0.1) is 0 Å². The van der Waals surface area contributed by atoms with Gasteiger partial charge in [0.15, 0.2) is 5.96 Å². The molecule has 2 heterocycles. The average molecular weight is 335 g/mol. The Morgan fingerprint density at radius 1 is 1.20 bits per heavy atom. The first kappa shape index (κ1) is 17.0. The van der Waals surface area contributed by atoms with Crippen molar-refractivity contribution < 1.29 is 0 Å². The van der Waals surface area contributed by atoms with Crippen LogP contribution < -0.4 is 5.32 Å². The molecule has 0 saturated heterocycles. The van der Waals surface area contributed by atoms with E-state index in [-0.39, 0.29) is 0 Å². The van der Waals surface area contributed by atoms with Gasteiger partial charge in [0.05, 0.1) is 18.8 Å². The second-order valence-electron chi connectivity index (χ2n) is 6.12. The summed E-state index contributed by atoms with van der Waals surface area (Å²) in [5, 5.41) is 5.73. The number of guanidine groups is 1. The van der Waals surface area contributed by atoms with Gasteiger partial charge >= 0.3 is 0 Å². The van der Waals surface area contributed by atoms with Crippen molar-refractivity contribution in [3.8, 4) is 0 Å². The SMILES string of the molecule is CCNC(=NCc1nccc2ccccc12)N(C)Cc1cccn1C. The third kappa shape index (κ3) is 3.99. The maximum Gasteiger partial charge on any atom is 0.194 e. The zero-order valence-electron chi connectivity index (χ0n) is 15.1. The zero-order valence-corrected chi connectivity index (χ0v) is 15.1. The number of aliphatic imine (C=N–C) groups is 1. The van der Waals surface area contributed by atoms with Gasteiger partial charge in [-0.1, -0.05) is 24.3 Å². The Balaban J connectivity index is 1.80. The second-order valence-corrected chi connectivity index (χ2v) is 6.12. The molecule has 0 fully saturated rings. The molecule has 0 aliphatic carbocycles. The Kier molecular flexibility index (Phi) is 5.33. The number of benzene rings is 1. The maximum absolute atomic E-state index is 4.80. The van der Waals surface area contributed by atoms with Crippen molar-refractivity contribution in [3.05, 3.63) is 66.2 Å². The van der Waals surface area contributed by atoms with Gasteiger partial charge in [-0.25, -0.2) is 4.99 Å². The van der Waals surface area contributed by atoms with E-state index < -0.39 is 0 Å². The quantitative estimate of drug-likeness (QED) is 0.575. The third-order valence-corrected chi connectivity index (χ3v) is 4.28. The summed E-state index contributed by atoms with van der Waals surface area (Å²) < 4.78 is 2.13. The zero-order chi connectivity index (χ0) is 17.6. The number of aryl methyl sites for hydroxylation is 1. The predicted molar refractivity (Wildman–Crippen MR) is 103 cm³/mol. The fraction of sp³-hybridized carbons (Fsp3) is 0.300. The molecule has 1 N–H and O–H groups in total. The smallest absolute Gasteiger partial charge is 0.194 e. The minimum Gasteiger partial charge on any atom is -0.357 e. The van der Waals surface area contributed by atoms with E-state index in [1.54, 1.807) is 0 Å². The van der Waals surface area contributed by atoms with Crippen molar-refractivity contribution >= 4 is 16.7 Å². The van der Waals surface area contributed by atoms with Crippen LogP contribution in [0.15, 0.2) is 59.9 Å². The molecule has 0 aliphatic rings. The lowest BCUT2D eigenvalue weighted by Crippen LogP contribution is -2.38. The van der Waals surface area contributed by atoms with Crippen LogP contribution in [0.2, 0.25) is 0 Å². The van der Waals surface area contributed by atoms with Gasteiger partial charge in [-0.2, -0.15) is 0 Å². The molecule has 0 spiro atoms. The predicted octanol–water partition coefficient (Wildman–Crippen LogP) is 3.17. The van der Waals surface area contributed by atoms with E-state index in [4.69, 9.17) is 4.99 Å². The van der Waals surface area contributed by atoms with E-state index in [1.807, 2.05) is 24.4 Å². The third-order valence-electron chi connectivity index (χ3n) is 4.28.